The second kappa shape index (κ2) is 6.97. The van der Waals surface area contributed by atoms with Crippen molar-refractivity contribution in [2.24, 2.45) is 7.05 Å². The van der Waals surface area contributed by atoms with Gasteiger partial charge in [-0.1, -0.05) is 30.3 Å². The third-order valence-corrected chi connectivity index (χ3v) is 6.29. The molecule has 0 N–H and O–H groups in total. The molecule has 0 atom stereocenters. The van der Waals surface area contributed by atoms with Gasteiger partial charge in [-0.15, -0.1) is 0 Å². The van der Waals surface area contributed by atoms with Crippen LogP contribution in [0, 0.1) is 6.92 Å². The second-order valence-corrected chi connectivity index (χ2v) is 8.20. The van der Waals surface area contributed by atoms with E-state index in [0.29, 0.717) is 31.9 Å². The van der Waals surface area contributed by atoms with Crippen molar-refractivity contribution in [2.75, 3.05) is 26.2 Å². The average Bonchev–Trinajstić information content (AvgIpc) is 2.94. The van der Waals surface area contributed by atoms with E-state index in [1.54, 1.807) is 34.8 Å². The van der Waals surface area contributed by atoms with Crippen LogP contribution in [-0.4, -0.2) is 59.5 Å². The van der Waals surface area contributed by atoms with E-state index in [1.165, 1.54) is 4.31 Å². The number of aryl methyl sites for hydroxylation is 2. The van der Waals surface area contributed by atoms with Crippen LogP contribution >= 0.6 is 0 Å². The van der Waals surface area contributed by atoms with Gasteiger partial charge in [0.15, 0.2) is 5.69 Å². The lowest BCUT2D eigenvalue weighted by atomic mass is 10.2. The normalized spacial score (nSPS) is 16.2. The molecule has 8 heteroatoms. The third-order valence-electron chi connectivity index (χ3n) is 4.44. The SMILES string of the molecule is Cc1cc(C(=O)N2CCN(S(=O)(=O)Cc3ccccc3)CC2)nn1C. The molecule has 1 fully saturated rings. The largest absolute Gasteiger partial charge is 0.335 e. The Kier molecular flexibility index (Phi) is 4.91. The minimum absolute atomic E-state index is 0.0127. The maximum Gasteiger partial charge on any atom is 0.274 e. The van der Waals surface area contributed by atoms with Gasteiger partial charge >= 0.3 is 0 Å². The van der Waals surface area contributed by atoms with E-state index in [2.05, 4.69) is 5.10 Å². The number of amides is 1. The summed E-state index contributed by atoms with van der Waals surface area (Å²) in [4.78, 5) is 14.2. The maximum atomic E-state index is 12.6. The Morgan fingerprint density at radius 1 is 1.12 bits per heavy atom. The van der Waals surface area contributed by atoms with Crippen LogP contribution in [0.3, 0.4) is 0 Å². The first-order valence-corrected chi connectivity index (χ1v) is 9.79. The number of hydrogen-bond donors (Lipinski definition) is 0. The quantitative estimate of drug-likeness (QED) is 0.814. The minimum atomic E-state index is -3.38. The highest BCUT2D eigenvalue weighted by atomic mass is 32.2. The van der Waals surface area contributed by atoms with Crippen molar-refractivity contribution in [1.82, 2.24) is 19.0 Å². The van der Waals surface area contributed by atoms with Crippen molar-refractivity contribution in [3.63, 3.8) is 0 Å². The van der Waals surface area contributed by atoms with Gasteiger partial charge in [0.25, 0.3) is 5.91 Å². The molecule has 1 aliphatic rings. The van der Waals surface area contributed by atoms with E-state index in [1.807, 2.05) is 25.1 Å². The Morgan fingerprint density at radius 2 is 1.76 bits per heavy atom. The summed E-state index contributed by atoms with van der Waals surface area (Å²) in [6.45, 7) is 3.27. The van der Waals surface area contributed by atoms with E-state index in [0.717, 1.165) is 11.3 Å². The molecule has 1 aromatic heterocycles. The summed E-state index contributed by atoms with van der Waals surface area (Å²) in [7, 11) is -1.59. The zero-order valence-corrected chi connectivity index (χ0v) is 15.2. The molecule has 1 amide bonds. The van der Waals surface area contributed by atoms with Gasteiger partial charge in [-0.25, -0.2) is 8.42 Å². The summed E-state index contributed by atoms with van der Waals surface area (Å²) < 4.78 is 28.2. The molecule has 0 spiro atoms. The van der Waals surface area contributed by atoms with E-state index < -0.39 is 10.0 Å². The summed E-state index contributed by atoms with van der Waals surface area (Å²) in [5, 5.41) is 4.20. The topological polar surface area (TPSA) is 75.5 Å². The smallest absolute Gasteiger partial charge is 0.274 e. The molecule has 1 aromatic carbocycles. The van der Waals surface area contributed by atoms with E-state index in [4.69, 9.17) is 0 Å². The van der Waals surface area contributed by atoms with Crippen LogP contribution in [0.5, 0.6) is 0 Å². The fraction of sp³-hybridized carbons (Fsp3) is 0.412. The number of piperazine rings is 1. The third kappa shape index (κ3) is 3.91. The lowest BCUT2D eigenvalue weighted by Gasteiger charge is -2.33. The number of benzene rings is 1. The molecule has 0 bridgehead atoms. The van der Waals surface area contributed by atoms with Crippen LogP contribution in [0.1, 0.15) is 21.7 Å². The second-order valence-electron chi connectivity index (χ2n) is 6.23. The van der Waals surface area contributed by atoms with Crippen molar-refractivity contribution >= 4 is 15.9 Å². The van der Waals surface area contributed by atoms with E-state index in [9.17, 15) is 13.2 Å². The predicted molar refractivity (Wildman–Crippen MR) is 94.5 cm³/mol. The summed E-state index contributed by atoms with van der Waals surface area (Å²) in [5.74, 6) is -0.162. The van der Waals surface area contributed by atoms with Gasteiger partial charge in [-0.2, -0.15) is 9.40 Å². The molecule has 2 aromatic rings. The van der Waals surface area contributed by atoms with Gasteiger partial charge in [-0.3, -0.25) is 9.48 Å². The highest BCUT2D eigenvalue weighted by molar-refractivity contribution is 7.88. The molecule has 3 rings (SSSR count). The molecule has 134 valence electrons. The summed E-state index contributed by atoms with van der Waals surface area (Å²) in [6, 6.07) is 10.9. The van der Waals surface area contributed by atoms with Crippen molar-refractivity contribution in [1.29, 1.82) is 0 Å². The molecule has 1 aliphatic heterocycles. The number of aromatic nitrogens is 2. The van der Waals surface area contributed by atoms with Crippen LogP contribution in [-0.2, 0) is 22.8 Å². The number of nitrogens with zero attached hydrogens (tertiary/aromatic N) is 4. The number of rotatable bonds is 4. The lowest BCUT2D eigenvalue weighted by Crippen LogP contribution is -2.50. The molecule has 0 aliphatic carbocycles. The van der Waals surface area contributed by atoms with Gasteiger partial charge in [0.1, 0.15) is 0 Å². The molecular formula is C17H22N4O3S. The van der Waals surface area contributed by atoms with E-state index >= 15 is 0 Å². The van der Waals surface area contributed by atoms with Gasteiger partial charge in [-0.05, 0) is 18.6 Å². The first kappa shape index (κ1) is 17.6. The Hall–Kier alpha value is -2.19. The molecule has 0 radical (unpaired) electrons. The number of hydrogen-bond acceptors (Lipinski definition) is 4. The highest BCUT2D eigenvalue weighted by Gasteiger charge is 2.30. The Morgan fingerprint density at radius 3 is 2.32 bits per heavy atom. The van der Waals surface area contributed by atoms with Crippen LogP contribution in [0.2, 0.25) is 0 Å². The first-order valence-electron chi connectivity index (χ1n) is 8.18. The maximum absolute atomic E-state index is 12.6. The summed E-state index contributed by atoms with van der Waals surface area (Å²) in [6.07, 6.45) is 0. The molecule has 1 saturated heterocycles. The lowest BCUT2D eigenvalue weighted by molar-refractivity contribution is 0.0691. The van der Waals surface area contributed by atoms with Crippen LogP contribution in [0.4, 0.5) is 0 Å². The Bertz CT molecular complexity index is 834. The molecule has 7 nitrogen and oxygen atoms in total. The van der Waals surface area contributed by atoms with Crippen molar-refractivity contribution in [2.45, 2.75) is 12.7 Å². The minimum Gasteiger partial charge on any atom is -0.335 e. The van der Waals surface area contributed by atoms with E-state index in [-0.39, 0.29) is 11.7 Å². The zero-order valence-electron chi connectivity index (χ0n) is 14.4. The fourth-order valence-corrected chi connectivity index (χ4v) is 4.39. The zero-order chi connectivity index (χ0) is 18.0. The Balaban J connectivity index is 1.62. The van der Waals surface area contributed by atoms with Crippen LogP contribution in [0.25, 0.3) is 0 Å². The molecule has 0 unspecified atom stereocenters. The summed E-state index contributed by atoms with van der Waals surface area (Å²) >= 11 is 0. The predicted octanol–water partition coefficient (Wildman–Crippen LogP) is 1.02. The van der Waals surface area contributed by atoms with Crippen LogP contribution in [0.15, 0.2) is 36.4 Å². The van der Waals surface area contributed by atoms with Gasteiger partial charge in [0, 0.05) is 38.9 Å². The molecule has 25 heavy (non-hydrogen) atoms. The molecule has 0 saturated carbocycles. The van der Waals surface area contributed by atoms with Crippen molar-refractivity contribution in [3.8, 4) is 0 Å². The average molecular weight is 362 g/mol. The standard InChI is InChI=1S/C17H22N4O3S/c1-14-12-16(18-19(14)2)17(22)20-8-10-21(11-9-20)25(23,24)13-15-6-4-3-5-7-15/h3-7,12H,8-11,13H2,1-2H3. The van der Waals surface area contributed by atoms with Gasteiger partial charge in [0.2, 0.25) is 10.0 Å². The fourth-order valence-electron chi connectivity index (χ4n) is 2.87. The highest BCUT2D eigenvalue weighted by Crippen LogP contribution is 2.15. The summed E-state index contributed by atoms with van der Waals surface area (Å²) in [5.41, 5.74) is 2.08. The first-order chi connectivity index (χ1) is 11.9. The monoisotopic (exact) mass is 362 g/mol. The molecular weight excluding hydrogens is 340 g/mol. The number of sulfonamides is 1. The van der Waals surface area contributed by atoms with Crippen molar-refractivity contribution in [3.05, 3.63) is 53.3 Å². The van der Waals surface area contributed by atoms with Gasteiger partial charge < -0.3 is 4.90 Å². The number of carbonyl (C=O) groups excluding carboxylic acids is 1. The van der Waals surface area contributed by atoms with Gasteiger partial charge in [0.05, 0.1) is 5.75 Å². The van der Waals surface area contributed by atoms with Crippen LogP contribution < -0.4 is 0 Å². The van der Waals surface area contributed by atoms with Crippen molar-refractivity contribution < 1.29 is 13.2 Å². The number of carbonyl (C=O) groups is 1. The molecule has 2 heterocycles. The Labute approximate surface area is 147 Å².